The first-order chi connectivity index (χ1) is 11.8. The molecule has 8 nitrogen and oxygen atoms in total. The monoisotopic (exact) mass is 400 g/mol. The molecule has 1 unspecified atom stereocenters. The molecule has 2 amide bonds. The van der Waals surface area contributed by atoms with Crippen LogP contribution in [0, 0.1) is 12.5 Å². The molecule has 0 aliphatic carbocycles. The molecule has 0 saturated carbocycles. The third kappa shape index (κ3) is 7.11. The van der Waals surface area contributed by atoms with Gasteiger partial charge < -0.3 is 10.1 Å². The second-order valence-electron chi connectivity index (χ2n) is 7.06. The van der Waals surface area contributed by atoms with Crippen molar-refractivity contribution in [1.29, 1.82) is 0 Å². The molecule has 0 aliphatic rings. The minimum atomic E-state index is -3.50. The molecule has 10 heteroatoms. The number of nitrogens with zero attached hydrogens (tertiary/aromatic N) is 2. The van der Waals surface area contributed by atoms with Gasteiger partial charge in [0.15, 0.2) is 0 Å². The van der Waals surface area contributed by atoms with Crippen LogP contribution in [0.1, 0.15) is 41.0 Å². The van der Waals surface area contributed by atoms with Gasteiger partial charge in [0.1, 0.15) is 21.6 Å². The Hall–Kier alpha value is -1.96. The molecular formula is C16H24N4O4S2. The minimum absolute atomic E-state index is 0.0674. The Morgan fingerprint density at radius 3 is 2.54 bits per heavy atom. The van der Waals surface area contributed by atoms with Crippen molar-refractivity contribution >= 4 is 38.3 Å². The molecular weight excluding hydrogens is 376 g/mol. The van der Waals surface area contributed by atoms with E-state index < -0.39 is 33.6 Å². The number of carbonyl (C=O) groups excluding carboxylic acids is 2. The standard InChI is InChI=1S/C16H24N4O4S2/c1-10(2)7-12(19-15(22)24-16(3,4)5)14(21)20-26(17,23)11-8-13(18-6)25-9-11/h8-10,12H,7H2,1-5H3,(H,19,22)(H2,17,20,21,23)/t12-,26?/m0/s1. The van der Waals surface area contributed by atoms with E-state index >= 15 is 0 Å². The zero-order valence-electron chi connectivity index (χ0n) is 15.4. The fourth-order valence-electron chi connectivity index (χ4n) is 1.91. The molecule has 0 aliphatic heterocycles. The Bertz CT molecular complexity index is 824. The second kappa shape index (κ2) is 8.62. The number of ether oxygens (including phenoxy) is 1. The van der Waals surface area contributed by atoms with Crippen LogP contribution in [0.25, 0.3) is 4.85 Å². The van der Waals surface area contributed by atoms with Gasteiger partial charge in [-0.25, -0.2) is 19.0 Å². The highest BCUT2D eigenvalue weighted by molar-refractivity contribution is 7.91. The van der Waals surface area contributed by atoms with Gasteiger partial charge in [0.2, 0.25) is 5.00 Å². The quantitative estimate of drug-likeness (QED) is 0.736. The molecule has 0 saturated heterocycles. The number of hydrogen-bond acceptors (Lipinski definition) is 5. The van der Waals surface area contributed by atoms with Crippen molar-refractivity contribution in [3.8, 4) is 0 Å². The van der Waals surface area contributed by atoms with Crippen molar-refractivity contribution in [3.63, 3.8) is 0 Å². The van der Waals surface area contributed by atoms with E-state index in [1.807, 2.05) is 13.8 Å². The normalized spacial score (nSPS) is 14.8. The van der Waals surface area contributed by atoms with Gasteiger partial charge >= 0.3 is 6.09 Å². The lowest BCUT2D eigenvalue weighted by molar-refractivity contribution is -0.120. The third-order valence-corrected chi connectivity index (χ3v) is 5.27. The van der Waals surface area contributed by atoms with Crippen molar-refractivity contribution in [3.05, 3.63) is 22.9 Å². The molecule has 1 aromatic rings. The van der Waals surface area contributed by atoms with Gasteiger partial charge in [-0.15, -0.1) is 4.36 Å². The molecule has 0 fully saturated rings. The third-order valence-electron chi connectivity index (χ3n) is 2.93. The summed E-state index contributed by atoms with van der Waals surface area (Å²) in [6, 6.07) is 0.336. The predicted octanol–water partition coefficient (Wildman–Crippen LogP) is 3.47. The van der Waals surface area contributed by atoms with Gasteiger partial charge in [-0.3, -0.25) is 4.79 Å². The van der Waals surface area contributed by atoms with Crippen molar-refractivity contribution < 1.29 is 18.5 Å². The zero-order valence-corrected chi connectivity index (χ0v) is 17.1. The maximum atomic E-state index is 12.6. The first-order valence-corrected chi connectivity index (χ1v) is 10.3. The van der Waals surface area contributed by atoms with Crippen molar-refractivity contribution in [2.75, 3.05) is 0 Å². The van der Waals surface area contributed by atoms with Gasteiger partial charge in [-0.1, -0.05) is 13.8 Å². The average Bonchev–Trinajstić information content (AvgIpc) is 2.93. The summed E-state index contributed by atoms with van der Waals surface area (Å²) in [5.41, 5.74) is -0.721. The lowest BCUT2D eigenvalue weighted by Crippen LogP contribution is -2.44. The summed E-state index contributed by atoms with van der Waals surface area (Å²) in [6.45, 7) is 15.8. The SMILES string of the molecule is [C-]#[N+]c1cc(S(N)(=O)=NC(=O)[C@H](CC(C)C)NC(=O)OC(C)(C)C)cs1. The molecule has 1 aromatic heterocycles. The van der Waals surface area contributed by atoms with Gasteiger partial charge in [0.25, 0.3) is 5.91 Å². The van der Waals surface area contributed by atoms with E-state index in [1.54, 1.807) is 20.8 Å². The Morgan fingerprint density at radius 1 is 1.46 bits per heavy atom. The number of nitrogens with one attached hydrogen (secondary N) is 1. The highest BCUT2D eigenvalue weighted by Crippen LogP contribution is 2.26. The molecule has 0 bridgehead atoms. The van der Waals surface area contributed by atoms with E-state index in [0.29, 0.717) is 5.00 Å². The molecule has 3 N–H and O–H groups in total. The summed E-state index contributed by atoms with van der Waals surface area (Å²) in [7, 11) is -3.50. The van der Waals surface area contributed by atoms with Gasteiger partial charge in [0.05, 0.1) is 11.5 Å². The van der Waals surface area contributed by atoms with Crippen LogP contribution in [0.4, 0.5) is 9.80 Å². The van der Waals surface area contributed by atoms with Gasteiger partial charge in [0, 0.05) is 0 Å². The van der Waals surface area contributed by atoms with Crippen LogP contribution >= 0.6 is 11.3 Å². The number of thiophene rings is 1. The van der Waals surface area contributed by atoms with Crippen LogP contribution in [0.15, 0.2) is 20.7 Å². The first kappa shape index (κ1) is 22.1. The maximum Gasteiger partial charge on any atom is 0.408 e. The fourth-order valence-corrected chi connectivity index (χ4v) is 4.02. The molecule has 0 aromatic carbocycles. The topological polar surface area (TPSA) is 115 Å². The summed E-state index contributed by atoms with van der Waals surface area (Å²) in [6.07, 6.45) is -0.477. The lowest BCUT2D eigenvalue weighted by Gasteiger charge is -2.23. The van der Waals surface area contributed by atoms with E-state index in [1.165, 1.54) is 11.4 Å². The number of rotatable bonds is 5. The molecule has 1 heterocycles. The van der Waals surface area contributed by atoms with E-state index in [0.717, 1.165) is 11.3 Å². The largest absolute Gasteiger partial charge is 0.444 e. The van der Waals surface area contributed by atoms with E-state index in [2.05, 4.69) is 14.5 Å². The van der Waals surface area contributed by atoms with Crippen molar-refractivity contribution in [1.82, 2.24) is 5.32 Å². The van der Waals surface area contributed by atoms with E-state index in [4.69, 9.17) is 16.4 Å². The Labute approximate surface area is 158 Å². The Morgan fingerprint density at radius 2 is 2.08 bits per heavy atom. The second-order valence-corrected chi connectivity index (χ2v) is 9.74. The molecule has 2 atom stereocenters. The van der Waals surface area contributed by atoms with Crippen LogP contribution in [0.5, 0.6) is 0 Å². The smallest absolute Gasteiger partial charge is 0.408 e. The van der Waals surface area contributed by atoms with Crippen LogP contribution < -0.4 is 10.5 Å². The van der Waals surface area contributed by atoms with Crippen LogP contribution in [-0.4, -0.2) is 27.9 Å². The van der Waals surface area contributed by atoms with Crippen LogP contribution in [0.2, 0.25) is 0 Å². The Balaban J connectivity index is 3.06. The average molecular weight is 401 g/mol. The van der Waals surface area contributed by atoms with Crippen LogP contribution in [-0.2, 0) is 19.4 Å². The number of alkyl carbamates (subject to hydrolysis) is 1. The fraction of sp³-hybridized carbons (Fsp3) is 0.562. The first-order valence-electron chi connectivity index (χ1n) is 7.88. The zero-order chi connectivity index (χ0) is 20.1. The summed E-state index contributed by atoms with van der Waals surface area (Å²) < 4.78 is 21.4. The van der Waals surface area contributed by atoms with Gasteiger partial charge in [-0.2, -0.15) is 11.3 Å². The van der Waals surface area contributed by atoms with E-state index in [9.17, 15) is 13.8 Å². The molecule has 1 rings (SSSR count). The summed E-state index contributed by atoms with van der Waals surface area (Å²) in [5.74, 6) is -0.731. The van der Waals surface area contributed by atoms with Gasteiger partial charge in [-0.05, 0) is 44.6 Å². The van der Waals surface area contributed by atoms with E-state index in [-0.39, 0.29) is 17.2 Å². The number of nitrogens with two attached hydrogens (primary N) is 1. The Kier molecular flexibility index (Phi) is 7.32. The summed E-state index contributed by atoms with van der Waals surface area (Å²) in [5, 5.41) is 9.91. The lowest BCUT2D eigenvalue weighted by atomic mass is 10.0. The maximum absolute atomic E-state index is 12.6. The number of carbonyl (C=O) groups is 2. The summed E-state index contributed by atoms with van der Waals surface area (Å²) in [4.78, 5) is 27.8. The number of hydrogen-bond donors (Lipinski definition) is 2. The minimum Gasteiger partial charge on any atom is -0.444 e. The number of amides is 2. The highest BCUT2D eigenvalue weighted by Gasteiger charge is 2.26. The molecule has 0 spiro atoms. The predicted molar refractivity (Wildman–Crippen MR) is 101 cm³/mol. The summed E-state index contributed by atoms with van der Waals surface area (Å²) >= 11 is 1.07. The molecule has 144 valence electrons. The van der Waals surface area contributed by atoms with Crippen LogP contribution in [0.3, 0.4) is 0 Å². The highest BCUT2D eigenvalue weighted by atomic mass is 32.2. The van der Waals surface area contributed by atoms with Crippen molar-refractivity contribution in [2.24, 2.45) is 15.4 Å². The molecule has 0 radical (unpaired) electrons. The molecule has 26 heavy (non-hydrogen) atoms. The van der Waals surface area contributed by atoms with Crippen molar-refractivity contribution in [2.45, 2.75) is 57.6 Å².